The highest BCUT2D eigenvalue weighted by Gasteiger charge is 2.12. The first kappa shape index (κ1) is 28.7. The van der Waals surface area contributed by atoms with Gasteiger partial charge in [0.15, 0.2) is 0 Å². The summed E-state index contributed by atoms with van der Waals surface area (Å²) >= 11 is 0. The van der Waals surface area contributed by atoms with Crippen molar-refractivity contribution in [3.05, 3.63) is 0 Å². The molecule has 160 valence electrons. The third kappa shape index (κ3) is 22.5. The van der Waals surface area contributed by atoms with Gasteiger partial charge in [0.25, 0.3) is 0 Å². The number of nitrogens with zero attached hydrogens (tertiary/aromatic N) is 1. The summed E-state index contributed by atoms with van der Waals surface area (Å²) in [6, 6.07) is 1.47. The second-order valence-corrected chi connectivity index (χ2v) is 10.0. The Morgan fingerprint density at radius 2 is 0.808 bits per heavy atom. The maximum atomic E-state index is 2.42. The lowest BCUT2D eigenvalue weighted by atomic mass is 10.0. The van der Waals surface area contributed by atoms with Crippen LogP contribution >= 0.6 is 0 Å². The number of rotatable bonds is 20. The Hall–Kier alpha value is 0.467. The van der Waals surface area contributed by atoms with E-state index in [9.17, 15) is 0 Å². The van der Waals surface area contributed by atoms with Crippen molar-refractivity contribution in [2.24, 2.45) is 0 Å². The summed E-state index contributed by atoms with van der Waals surface area (Å²) in [6.07, 6.45) is 24.9. The lowest BCUT2D eigenvalue weighted by molar-refractivity contribution is -0.890. The van der Waals surface area contributed by atoms with Crippen LogP contribution in [-0.2, 0) is 0 Å². The lowest BCUT2D eigenvalue weighted by Crippen LogP contribution is -3.00. The van der Waals surface area contributed by atoms with Crippen LogP contribution in [0.1, 0.15) is 116 Å². The van der Waals surface area contributed by atoms with Gasteiger partial charge in [0, 0.05) is 10.2 Å². The van der Waals surface area contributed by atoms with E-state index in [-0.39, 0.29) is 12.4 Å². The Morgan fingerprint density at radius 1 is 0.500 bits per heavy atom. The van der Waals surface area contributed by atoms with Crippen LogP contribution < -0.4 is 12.4 Å². The molecule has 0 heterocycles. The highest BCUT2D eigenvalue weighted by Crippen LogP contribution is 2.14. The van der Waals surface area contributed by atoms with Crippen LogP contribution in [0.25, 0.3) is 0 Å². The van der Waals surface area contributed by atoms with E-state index in [0.29, 0.717) is 0 Å². The molecular weight excluding hydrogens is 354 g/mol. The fraction of sp³-hybridized carbons (Fsp3) is 1.00. The van der Waals surface area contributed by atoms with Gasteiger partial charge in [0.05, 0.1) is 27.2 Å². The zero-order valence-corrected chi connectivity index (χ0v) is 21.7. The summed E-state index contributed by atoms with van der Waals surface area (Å²) in [7, 11) is 6.22. The molecule has 0 aliphatic heterocycles. The van der Waals surface area contributed by atoms with E-state index < -0.39 is 0 Å². The second kappa shape index (κ2) is 21.8. The summed E-state index contributed by atoms with van der Waals surface area (Å²) < 4.78 is 1.25. The van der Waals surface area contributed by atoms with Gasteiger partial charge in [-0.2, -0.15) is 0 Å². The topological polar surface area (TPSA) is 0 Å². The van der Waals surface area contributed by atoms with Crippen molar-refractivity contribution >= 4 is 10.2 Å². The third-order valence-electron chi connectivity index (χ3n) is 5.73. The standard InChI is InChI=1S/C23H52NSi.ClH/c1-4-5-6-7-8-9-10-11-12-13-14-15-16-17-18-19-21-24(2,3)22-20-23-25;/h4-23H2,1-3,25H3;1H/q+1;/p-1. The number of unbranched alkanes of at least 4 members (excludes halogenated alkanes) is 15. The molecule has 0 aromatic rings. The minimum absolute atomic E-state index is 0. The molecule has 0 radical (unpaired) electrons. The predicted molar refractivity (Wildman–Crippen MR) is 121 cm³/mol. The second-order valence-electron chi connectivity index (χ2n) is 9.04. The normalized spacial score (nSPS) is 11.7. The highest BCUT2D eigenvalue weighted by molar-refractivity contribution is 6.08. The van der Waals surface area contributed by atoms with Crippen molar-refractivity contribution in [3.8, 4) is 0 Å². The summed E-state index contributed by atoms with van der Waals surface area (Å²) in [6.45, 7) is 5.08. The minimum atomic E-state index is 0. The molecule has 0 N–H and O–H groups in total. The molecule has 1 nitrogen and oxygen atoms in total. The van der Waals surface area contributed by atoms with Crippen molar-refractivity contribution in [3.63, 3.8) is 0 Å². The molecule has 0 aromatic heterocycles. The van der Waals surface area contributed by atoms with Crippen LogP contribution in [0, 0.1) is 0 Å². The average Bonchev–Trinajstić information content (AvgIpc) is 2.59. The van der Waals surface area contributed by atoms with Crippen molar-refractivity contribution < 1.29 is 16.9 Å². The molecule has 0 rings (SSSR count). The molecule has 0 saturated heterocycles. The monoisotopic (exact) mass is 405 g/mol. The summed E-state index contributed by atoms with van der Waals surface area (Å²) in [5.41, 5.74) is 0. The van der Waals surface area contributed by atoms with Crippen molar-refractivity contribution in [2.45, 2.75) is 122 Å². The van der Waals surface area contributed by atoms with Gasteiger partial charge in [-0.1, -0.05) is 103 Å². The molecule has 0 amide bonds. The number of hydrogen-bond donors (Lipinski definition) is 0. The van der Waals surface area contributed by atoms with Crippen LogP contribution in [0.2, 0.25) is 6.04 Å². The molecule has 0 atom stereocenters. The molecule has 26 heavy (non-hydrogen) atoms. The minimum Gasteiger partial charge on any atom is -1.00 e. The smallest absolute Gasteiger partial charge is 0.0782 e. The quantitative estimate of drug-likeness (QED) is 0.165. The molecule has 0 spiro atoms. The van der Waals surface area contributed by atoms with Crippen LogP contribution in [0.3, 0.4) is 0 Å². The van der Waals surface area contributed by atoms with Gasteiger partial charge in [-0.15, -0.1) is 0 Å². The Labute approximate surface area is 176 Å². The highest BCUT2D eigenvalue weighted by atomic mass is 35.5. The molecular formula is C23H52ClNSi. The van der Waals surface area contributed by atoms with E-state index in [0.717, 1.165) is 0 Å². The van der Waals surface area contributed by atoms with Crippen LogP contribution in [0.5, 0.6) is 0 Å². The zero-order chi connectivity index (χ0) is 18.6. The fourth-order valence-electron chi connectivity index (χ4n) is 3.79. The van der Waals surface area contributed by atoms with E-state index in [1.54, 1.807) is 0 Å². The van der Waals surface area contributed by atoms with E-state index in [1.165, 1.54) is 143 Å². The SMILES string of the molecule is CCCCCCCCCCCCCCCCCC[N+](C)(C)CCC[SiH3].[Cl-]. The van der Waals surface area contributed by atoms with E-state index in [1.807, 2.05) is 0 Å². The Balaban J connectivity index is 0. The van der Waals surface area contributed by atoms with Crippen LogP contribution in [0.15, 0.2) is 0 Å². The van der Waals surface area contributed by atoms with E-state index in [4.69, 9.17) is 0 Å². The predicted octanol–water partition coefficient (Wildman–Crippen LogP) is 3.50. The summed E-state index contributed by atoms with van der Waals surface area (Å²) in [5.74, 6) is 0. The molecule has 0 unspecified atom stereocenters. The molecule has 3 heteroatoms. The lowest BCUT2D eigenvalue weighted by Gasteiger charge is -2.29. The molecule has 0 saturated carbocycles. The molecule has 0 fully saturated rings. The van der Waals surface area contributed by atoms with Crippen molar-refractivity contribution in [1.82, 2.24) is 0 Å². The Morgan fingerprint density at radius 3 is 1.15 bits per heavy atom. The van der Waals surface area contributed by atoms with Crippen LogP contribution in [0.4, 0.5) is 0 Å². The number of quaternary nitrogens is 1. The van der Waals surface area contributed by atoms with Gasteiger partial charge >= 0.3 is 0 Å². The van der Waals surface area contributed by atoms with E-state index >= 15 is 0 Å². The summed E-state index contributed by atoms with van der Waals surface area (Å²) in [4.78, 5) is 0. The molecule has 0 bridgehead atoms. The van der Waals surface area contributed by atoms with Gasteiger partial charge < -0.3 is 16.9 Å². The summed E-state index contributed by atoms with van der Waals surface area (Å²) in [5, 5.41) is 0. The Bertz CT molecular complexity index is 259. The van der Waals surface area contributed by atoms with Crippen molar-refractivity contribution in [1.29, 1.82) is 0 Å². The third-order valence-corrected chi connectivity index (χ3v) is 6.44. The van der Waals surface area contributed by atoms with Crippen molar-refractivity contribution in [2.75, 3.05) is 27.2 Å². The van der Waals surface area contributed by atoms with Gasteiger partial charge in [-0.25, -0.2) is 0 Å². The van der Waals surface area contributed by atoms with Gasteiger partial charge in [0.2, 0.25) is 0 Å². The maximum Gasteiger partial charge on any atom is 0.0782 e. The molecule has 0 aliphatic rings. The fourth-order valence-corrected chi connectivity index (χ4v) is 4.10. The first-order chi connectivity index (χ1) is 12.1. The van der Waals surface area contributed by atoms with Gasteiger partial charge in [-0.05, 0) is 19.3 Å². The first-order valence-corrected chi connectivity index (χ1v) is 13.4. The largest absolute Gasteiger partial charge is 1.00 e. The van der Waals surface area contributed by atoms with Gasteiger partial charge in [0.1, 0.15) is 0 Å². The van der Waals surface area contributed by atoms with Crippen LogP contribution in [-0.4, -0.2) is 41.9 Å². The molecule has 0 aromatic carbocycles. The Kier molecular flexibility index (Phi) is 24.0. The zero-order valence-electron chi connectivity index (χ0n) is 19.0. The van der Waals surface area contributed by atoms with E-state index in [2.05, 4.69) is 21.0 Å². The number of hydrogen-bond acceptors (Lipinski definition) is 0. The molecule has 0 aliphatic carbocycles. The van der Waals surface area contributed by atoms with Gasteiger partial charge in [-0.3, -0.25) is 0 Å². The maximum absolute atomic E-state index is 2.42. The average molecular weight is 406 g/mol. The number of halogens is 1. The first-order valence-electron chi connectivity index (χ1n) is 11.9.